The van der Waals surface area contributed by atoms with Gasteiger partial charge in [0.25, 0.3) is 0 Å². The maximum absolute atomic E-state index is 9.43. The average Bonchev–Trinajstić information content (AvgIpc) is 2.44. The van der Waals surface area contributed by atoms with Gasteiger partial charge in [-0.2, -0.15) is 0 Å². The first kappa shape index (κ1) is 16.2. The molecule has 1 rings (SSSR count). The Morgan fingerprint density at radius 1 is 1.11 bits per heavy atom. The van der Waals surface area contributed by atoms with Gasteiger partial charge < -0.3 is 10.4 Å². The van der Waals surface area contributed by atoms with Crippen LogP contribution in [0.5, 0.6) is 0 Å². The fraction of sp³-hybridized carbons (Fsp3) is 0.647. The summed E-state index contributed by atoms with van der Waals surface area (Å²) < 4.78 is 0. The van der Waals surface area contributed by atoms with Gasteiger partial charge in [0.15, 0.2) is 0 Å². The predicted molar refractivity (Wildman–Crippen MR) is 82.4 cm³/mol. The number of hydrogen-bond donors (Lipinski definition) is 2. The molecule has 2 atom stereocenters. The second kappa shape index (κ2) is 7.06. The van der Waals surface area contributed by atoms with Gasteiger partial charge in [0.2, 0.25) is 0 Å². The van der Waals surface area contributed by atoms with Crippen molar-refractivity contribution in [3.05, 3.63) is 35.4 Å². The van der Waals surface area contributed by atoms with Gasteiger partial charge in [0.1, 0.15) is 0 Å². The van der Waals surface area contributed by atoms with E-state index in [-0.39, 0.29) is 12.0 Å². The van der Waals surface area contributed by atoms with Crippen LogP contribution in [0.3, 0.4) is 0 Å². The van der Waals surface area contributed by atoms with E-state index in [2.05, 4.69) is 64.2 Å². The van der Waals surface area contributed by atoms with E-state index in [1.165, 1.54) is 11.1 Å². The lowest BCUT2D eigenvalue weighted by Crippen LogP contribution is -2.35. The van der Waals surface area contributed by atoms with E-state index in [1.807, 2.05) is 0 Å². The standard InChI is InChI=1S/C17H29NO/c1-6-17(5,12-19)11-18-14(4)16-9-7-15(8-10-16)13(2)3/h7-10,13-14,18-19H,6,11-12H2,1-5H3. The molecule has 0 heterocycles. The number of nitrogens with one attached hydrogen (secondary N) is 1. The number of aliphatic hydroxyl groups excluding tert-OH is 1. The highest BCUT2D eigenvalue weighted by Gasteiger charge is 2.21. The molecule has 1 aromatic carbocycles. The Balaban J connectivity index is 2.60. The third-order valence-electron chi connectivity index (χ3n) is 4.17. The first-order valence-corrected chi connectivity index (χ1v) is 7.36. The summed E-state index contributed by atoms with van der Waals surface area (Å²) in [5.74, 6) is 0.579. The van der Waals surface area contributed by atoms with Gasteiger partial charge in [-0.15, -0.1) is 0 Å². The molecule has 2 N–H and O–H groups in total. The van der Waals surface area contributed by atoms with Gasteiger partial charge in [-0.1, -0.05) is 52.0 Å². The Bertz CT molecular complexity index is 365. The fourth-order valence-corrected chi connectivity index (χ4v) is 1.98. The molecule has 2 heteroatoms. The molecule has 0 aromatic heterocycles. The third-order valence-corrected chi connectivity index (χ3v) is 4.17. The topological polar surface area (TPSA) is 32.3 Å². The lowest BCUT2D eigenvalue weighted by Gasteiger charge is -2.28. The molecule has 0 bridgehead atoms. The van der Waals surface area contributed by atoms with Gasteiger partial charge in [0, 0.05) is 24.6 Å². The maximum atomic E-state index is 9.43. The van der Waals surface area contributed by atoms with E-state index < -0.39 is 0 Å². The molecule has 0 aliphatic heterocycles. The summed E-state index contributed by atoms with van der Waals surface area (Å²) in [5, 5.41) is 13.0. The van der Waals surface area contributed by atoms with Crippen molar-refractivity contribution in [2.24, 2.45) is 5.41 Å². The van der Waals surface area contributed by atoms with Gasteiger partial charge in [-0.25, -0.2) is 0 Å². The second-order valence-corrected chi connectivity index (χ2v) is 6.25. The lowest BCUT2D eigenvalue weighted by atomic mass is 9.88. The Hall–Kier alpha value is -0.860. The second-order valence-electron chi connectivity index (χ2n) is 6.25. The highest BCUT2D eigenvalue weighted by molar-refractivity contribution is 5.26. The molecule has 108 valence electrons. The summed E-state index contributed by atoms with van der Waals surface area (Å²) in [7, 11) is 0. The molecule has 19 heavy (non-hydrogen) atoms. The highest BCUT2D eigenvalue weighted by atomic mass is 16.3. The van der Waals surface area contributed by atoms with E-state index in [4.69, 9.17) is 0 Å². The molecule has 0 amide bonds. The Morgan fingerprint density at radius 2 is 1.63 bits per heavy atom. The normalized spacial score (nSPS) is 16.4. The van der Waals surface area contributed by atoms with Crippen LogP contribution < -0.4 is 5.32 Å². The van der Waals surface area contributed by atoms with Crippen molar-refractivity contribution in [1.29, 1.82) is 0 Å². The van der Waals surface area contributed by atoms with Crippen molar-refractivity contribution >= 4 is 0 Å². The van der Waals surface area contributed by atoms with Crippen molar-refractivity contribution in [2.75, 3.05) is 13.2 Å². The molecule has 1 aromatic rings. The summed E-state index contributed by atoms with van der Waals surface area (Å²) in [6.45, 7) is 11.9. The smallest absolute Gasteiger partial charge is 0.0496 e. The van der Waals surface area contributed by atoms with Crippen molar-refractivity contribution < 1.29 is 5.11 Å². The van der Waals surface area contributed by atoms with Crippen LogP contribution in [-0.4, -0.2) is 18.3 Å². The first-order chi connectivity index (χ1) is 8.91. The average molecular weight is 263 g/mol. The van der Waals surface area contributed by atoms with E-state index >= 15 is 0 Å². The molecule has 0 radical (unpaired) electrons. The number of rotatable bonds is 7. The van der Waals surface area contributed by atoms with Gasteiger partial charge in [0.05, 0.1) is 0 Å². The van der Waals surface area contributed by atoms with Crippen LogP contribution in [0, 0.1) is 5.41 Å². The molecule has 0 aliphatic carbocycles. The molecule has 0 aliphatic rings. The largest absolute Gasteiger partial charge is 0.396 e. The van der Waals surface area contributed by atoms with Crippen LogP contribution in [-0.2, 0) is 0 Å². The summed E-state index contributed by atoms with van der Waals surface area (Å²) >= 11 is 0. The maximum Gasteiger partial charge on any atom is 0.0496 e. The zero-order chi connectivity index (χ0) is 14.5. The van der Waals surface area contributed by atoms with Crippen molar-refractivity contribution in [2.45, 2.75) is 53.0 Å². The minimum atomic E-state index is -0.0217. The van der Waals surface area contributed by atoms with Gasteiger partial charge in [-0.3, -0.25) is 0 Å². The predicted octanol–water partition coefficient (Wildman–Crippen LogP) is 3.87. The fourth-order valence-electron chi connectivity index (χ4n) is 1.98. The zero-order valence-electron chi connectivity index (χ0n) is 13.0. The molecular weight excluding hydrogens is 234 g/mol. The minimum Gasteiger partial charge on any atom is -0.396 e. The lowest BCUT2D eigenvalue weighted by molar-refractivity contribution is 0.132. The van der Waals surface area contributed by atoms with Crippen LogP contribution in [0.1, 0.15) is 64.1 Å². The zero-order valence-corrected chi connectivity index (χ0v) is 13.0. The molecule has 0 fully saturated rings. The molecule has 2 unspecified atom stereocenters. The number of aliphatic hydroxyl groups is 1. The van der Waals surface area contributed by atoms with E-state index in [1.54, 1.807) is 0 Å². The minimum absolute atomic E-state index is 0.0217. The number of benzene rings is 1. The van der Waals surface area contributed by atoms with Crippen LogP contribution in [0.15, 0.2) is 24.3 Å². The van der Waals surface area contributed by atoms with Gasteiger partial charge in [-0.05, 0) is 30.4 Å². The Morgan fingerprint density at radius 3 is 2.05 bits per heavy atom. The van der Waals surface area contributed by atoms with Crippen LogP contribution in [0.25, 0.3) is 0 Å². The summed E-state index contributed by atoms with van der Waals surface area (Å²) in [6.07, 6.45) is 0.982. The van der Waals surface area contributed by atoms with Crippen molar-refractivity contribution in [3.63, 3.8) is 0 Å². The van der Waals surface area contributed by atoms with Crippen LogP contribution in [0.2, 0.25) is 0 Å². The summed E-state index contributed by atoms with van der Waals surface area (Å²) in [5.41, 5.74) is 2.66. The SMILES string of the molecule is CCC(C)(CO)CNC(C)c1ccc(C(C)C)cc1. The van der Waals surface area contributed by atoms with Gasteiger partial charge >= 0.3 is 0 Å². The highest BCUT2D eigenvalue weighted by Crippen LogP contribution is 2.22. The molecule has 0 saturated carbocycles. The van der Waals surface area contributed by atoms with Crippen molar-refractivity contribution in [1.82, 2.24) is 5.32 Å². The number of hydrogen-bond acceptors (Lipinski definition) is 2. The monoisotopic (exact) mass is 263 g/mol. The third kappa shape index (κ3) is 4.63. The van der Waals surface area contributed by atoms with Crippen LogP contribution in [0.4, 0.5) is 0 Å². The molecule has 2 nitrogen and oxygen atoms in total. The van der Waals surface area contributed by atoms with Crippen molar-refractivity contribution in [3.8, 4) is 0 Å². The van der Waals surface area contributed by atoms with E-state index in [9.17, 15) is 5.11 Å². The van der Waals surface area contributed by atoms with E-state index in [0.29, 0.717) is 12.0 Å². The first-order valence-electron chi connectivity index (χ1n) is 7.36. The summed E-state index contributed by atoms with van der Waals surface area (Å²) in [6, 6.07) is 9.15. The molecule has 0 spiro atoms. The van der Waals surface area contributed by atoms with E-state index in [0.717, 1.165) is 13.0 Å². The molecular formula is C17H29NO. The Kier molecular flexibility index (Phi) is 6.02. The van der Waals surface area contributed by atoms with Crippen LogP contribution >= 0.6 is 0 Å². The molecule has 0 saturated heterocycles. The summed E-state index contributed by atoms with van der Waals surface area (Å²) in [4.78, 5) is 0. The quantitative estimate of drug-likeness (QED) is 0.782. The Labute approximate surface area is 118 Å².